The van der Waals surface area contributed by atoms with E-state index >= 15 is 0 Å². The third-order valence-electron chi connectivity index (χ3n) is 3.96. The topological polar surface area (TPSA) is 87.4 Å². The van der Waals surface area contributed by atoms with Crippen LogP contribution < -0.4 is 10.6 Å². The van der Waals surface area contributed by atoms with Crippen molar-refractivity contribution in [1.82, 2.24) is 30.3 Å². The standard InChI is InChI=1S/C15H27N7O/c1-10(2)14-20-19-12-7-6-11(9-22(12)14)18-15(16-3)17-8-13(23)21(4)5/h10-11H,6-9H2,1-5H3,(H2,16,17,18). The van der Waals surface area contributed by atoms with Crippen molar-refractivity contribution in [3.63, 3.8) is 0 Å². The Morgan fingerprint density at radius 3 is 2.78 bits per heavy atom. The summed E-state index contributed by atoms with van der Waals surface area (Å²) < 4.78 is 2.20. The van der Waals surface area contributed by atoms with Crippen LogP contribution in [0.4, 0.5) is 0 Å². The lowest BCUT2D eigenvalue weighted by atomic mass is 10.1. The molecule has 128 valence electrons. The van der Waals surface area contributed by atoms with Crippen molar-refractivity contribution in [2.24, 2.45) is 4.99 Å². The number of aliphatic imine (C=N–C) groups is 1. The van der Waals surface area contributed by atoms with Crippen molar-refractivity contribution in [2.75, 3.05) is 27.7 Å². The van der Waals surface area contributed by atoms with Crippen LogP contribution in [0, 0.1) is 0 Å². The lowest BCUT2D eigenvalue weighted by Crippen LogP contribution is -2.49. The van der Waals surface area contributed by atoms with Gasteiger partial charge in [0.25, 0.3) is 0 Å². The van der Waals surface area contributed by atoms with Gasteiger partial charge >= 0.3 is 0 Å². The van der Waals surface area contributed by atoms with Crippen molar-refractivity contribution in [3.05, 3.63) is 11.6 Å². The van der Waals surface area contributed by atoms with Crippen LogP contribution in [0.5, 0.6) is 0 Å². The van der Waals surface area contributed by atoms with Gasteiger partial charge in [0.05, 0.1) is 6.54 Å². The second-order valence-corrected chi connectivity index (χ2v) is 6.33. The number of likely N-dealkylation sites (N-methyl/N-ethyl adjacent to an activating group) is 1. The molecule has 1 amide bonds. The average Bonchev–Trinajstić information content (AvgIpc) is 2.94. The molecule has 1 unspecified atom stereocenters. The molecule has 1 aromatic rings. The summed E-state index contributed by atoms with van der Waals surface area (Å²) in [5, 5.41) is 15.0. The van der Waals surface area contributed by atoms with E-state index in [0.717, 1.165) is 31.0 Å². The molecule has 8 nitrogen and oxygen atoms in total. The molecule has 2 N–H and O–H groups in total. The number of hydrogen-bond acceptors (Lipinski definition) is 4. The summed E-state index contributed by atoms with van der Waals surface area (Å²) in [5.41, 5.74) is 0. The number of hydrogen-bond donors (Lipinski definition) is 2. The maximum absolute atomic E-state index is 11.7. The van der Waals surface area contributed by atoms with Gasteiger partial charge in [-0.25, -0.2) is 0 Å². The summed E-state index contributed by atoms with van der Waals surface area (Å²) in [4.78, 5) is 17.4. The van der Waals surface area contributed by atoms with Gasteiger partial charge in [-0.1, -0.05) is 13.8 Å². The molecule has 8 heteroatoms. The minimum atomic E-state index is 0.0137. The Hall–Kier alpha value is -2.12. The first-order chi connectivity index (χ1) is 10.9. The number of aromatic nitrogens is 3. The van der Waals surface area contributed by atoms with E-state index in [9.17, 15) is 4.79 Å². The fraction of sp³-hybridized carbons (Fsp3) is 0.733. The number of guanidine groups is 1. The molecule has 2 heterocycles. The number of nitrogens with zero attached hydrogens (tertiary/aromatic N) is 5. The van der Waals surface area contributed by atoms with E-state index in [4.69, 9.17) is 0 Å². The molecule has 0 spiro atoms. The van der Waals surface area contributed by atoms with Crippen molar-refractivity contribution < 1.29 is 4.79 Å². The van der Waals surface area contributed by atoms with Crippen LogP contribution in [0.1, 0.15) is 37.8 Å². The highest BCUT2D eigenvalue weighted by Gasteiger charge is 2.24. The predicted molar refractivity (Wildman–Crippen MR) is 89.4 cm³/mol. The largest absolute Gasteiger partial charge is 0.352 e. The summed E-state index contributed by atoms with van der Waals surface area (Å²) in [5.74, 6) is 3.09. The van der Waals surface area contributed by atoms with Crippen molar-refractivity contribution in [3.8, 4) is 0 Å². The smallest absolute Gasteiger partial charge is 0.241 e. The van der Waals surface area contributed by atoms with Crippen molar-refractivity contribution in [1.29, 1.82) is 0 Å². The van der Waals surface area contributed by atoms with Crippen LogP contribution in [0.15, 0.2) is 4.99 Å². The predicted octanol–water partition coefficient (Wildman–Crippen LogP) is -0.0305. The van der Waals surface area contributed by atoms with Gasteiger partial charge in [-0.05, 0) is 6.42 Å². The Balaban J connectivity index is 1.95. The first-order valence-electron chi connectivity index (χ1n) is 8.01. The second-order valence-electron chi connectivity index (χ2n) is 6.33. The monoisotopic (exact) mass is 321 g/mol. The van der Waals surface area contributed by atoms with Crippen LogP contribution in [0.2, 0.25) is 0 Å². The normalized spacial score (nSPS) is 17.8. The van der Waals surface area contributed by atoms with E-state index in [-0.39, 0.29) is 18.5 Å². The fourth-order valence-corrected chi connectivity index (χ4v) is 2.60. The van der Waals surface area contributed by atoms with Gasteiger partial charge in [-0.2, -0.15) is 0 Å². The minimum Gasteiger partial charge on any atom is -0.352 e. The second kappa shape index (κ2) is 7.43. The summed E-state index contributed by atoms with van der Waals surface area (Å²) in [6, 6.07) is 0.247. The lowest BCUT2D eigenvalue weighted by Gasteiger charge is -2.27. The molecule has 2 rings (SSSR count). The molecule has 0 aliphatic carbocycles. The maximum Gasteiger partial charge on any atom is 0.241 e. The van der Waals surface area contributed by atoms with E-state index in [1.54, 1.807) is 26.0 Å². The Morgan fingerprint density at radius 2 is 2.17 bits per heavy atom. The van der Waals surface area contributed by atoms with E-state index in [1.165, 1.54) is 0 Å². The third kappa shape index (κ3) is 4.20. The van der Waals surface area contributed by atoms with Crippen LogP contribution in [-0.2, 0) is 17.8 Å². The molecule has 0 saturated carbocycles. The van der Waals surface area contributed by atoms with Crippen LogP contribution >= 0.6 is 0 Å². The third-order valence-corrected chi connectivity index (χ3v) is 3.96. The summed E-state index contributed by atoms with van der Waals surface area (Å²) in [7, 11) is 5.19. The van der Waals surface area contributed by atoms with Gasteiger partial charge in [0.2, 0.25) is 5.91 Å². The van der Waals surface area contributed by atoms with Crippen molar-refractivity contribution >= 4 is 11.9 Å². The number of carbonyl (C=O) groups is 1. The average molecular weight is 321 g/mol. The number of nitrogens with one attached hydrogen (secondary N) is 2. The number of aryl methyl sites for hydroxylation is 1. The quantitative estimate of drug-likeness (QED) is 0.601. The first-order valence-corrected chi connectivity index (χ1v) is 8.01. The van der Waals surface area contributed by atoms with Gasteiger partial charge in [0.1, 0.15) is 11.6 Å². The van der Waals surface area contributed by atoms with E-state index in [1.807, 2.05) is 0 Å². The highest BCUT2D eigenvalue weighted by Crippen LogP contribution is 2.19. The zero-order valence-corrected chi connectivity index (χ0v) is 14.6. The Kier molecular flexibility index (Phi) is 5.57. The van der Waals surface area contributed by atoms with E-state index < -0.39 is 0 Å². The van der Waals surface area contributed by atoms with Crippen LogP contribution in [0.25, 0.3) is 0 Å². The molecule has 1 aliphatic heterocycles. The zero-order valence-electron chi connectivity index (χ0n) is 14.6. The molecule has 1 atom stereocenters. The molecular formula is C15H27N7O. The summed E-state index contributed by atoms with van der Waals surface area (Å²) in [6.45, 7) is 5.30. The highest BCUT2D eigenvalue weighted by molar-refractivity contribution is 5.86. The van der Waals surface area contributed by atoms with Gasteiger partial charge in [0.15, 0.2) is 5.96 Å². The number of amides is 1. The first kappa shape index (κ1) is 17.2. The van der Waals surface area contributed by atoms with Crippen LogP contribution in [-0.4, -0.2) is 65.3 Å². The molecule has 0 fully saturated rings. The molecule has 1 aromatic heterocycles. The van der Waals surface area contributed by atoms with E-state index in [2.05, 4.69) is 44.2 Å². The summed E-state index contributed by atoms with van der Waals surface area (Å²) in [6.07, 6.45) is 1.86. The molecule has 0 aromatic carbocycles. The van der Waals surface area contributed by atoms with E-state index in [0.29, 0.717) is 11.9 Å². The SMILES string of the molecule is CN=C(NCC(=O)N(C)C)NC1CCc2nnc(C(C)C)n2C1. The summed E-state index contributed by atoms with van der Waals surface area (Å²) >= 11 is 0. The van der Waals surface area contributed by atoms with Gasteiger partial charge in [-0.3, -0.25) is 9.79 Å². The Bertz CT molecular complexity index is 576. The minimum absolute atomic E-state index is 0.0137. The van der Waals surface area contributed by atoms with Gasteiger partial charge in [0, 0.05) is 46.1 Å². The molecule has 0 saturated heterocycles. The Labute approximate surface area is 137 Å². The van der Waals surface area contributed by atoms with Gasteiger partial charge in [-0.15, -0.1) is 10.2 Å². The number of carbonyl (C=O) groups excluding carboxylic acids is 1. The molecule has 0 radical (unpaired) electrons. The Morgan fingerprint density at radius 1 is 1.43 bits per heavy atom. The number of rotatable bonds is 4. The van der Waals surface area contributed by atoms with Crippen molar-refractivity contribution in [2.45, 2.75) is 45.2 Å². The zero-order chi connectivity index (χ0) is 17.0. The molecule has 23 heavy (non-hydrogen) atoms. The fourth-order valence-electron chi connectivity index (χ4n) is 2.60. The highest BCUT2D eigenvalue weighted by atomic mass is 16.2. The number of fused-ring (bicyclic) bond motifs is 1. The van der Waals surface area contributed by atoms with Crippen LogP contribution in [0.3, 0.4) is 0 Å². The van der Waals surface area contributed by atoms with Gasteiger partial charge < -0.3 is 20.1 Å². The molecule has 0 bridgehead atoms. The molecular weight excluding hydrogens is 294 g/mol. The molecule has 1 aliphatic rings. The maximum atomic E-state index is 11.7. The lowest BCUT2D eigenvalue weighted by molar-refractivity contribution is -0.127.